The summed E-state index contributed by atoms with van der Waals surface area (Å²) in [7, 11) is -4.32. The first-order chi connectivity index (χ1) is 14.1. The minimum absolute atomic E-state index is 0.127. The molecule has 0 aliphatic carbocycles. The van der Waals surface area contributed by atoms with E-state index in [0.717, 1.165) is 6.20 Å². The monoisotopic (exact) mass is 452 g/mol. The second-order valence-corrected chi connectivity index (χ2v) is 8.55. The fourth-order valence-electron chi connectivity index (χ4n) is 3.04. The SMILES string of the molecule is C=C1C=CN([C@@H]2O[C@@H]3COP(=O)(OCC[C@@H](C)C(=O)OCC)O[C@H]3C2(F)F)C(=O)N1. The van der Waals surface area contributed by atoms with Crippen molar-refractivity contribution in [2.75, 3.05) is 19.8 Å². The molecule has 3 aliphatic heterocycles. The Morgan fingerprint density at radius 2 is 2.27 bits per heavy atom. The average molecular weight is 452 g/mol. The van der Waals surface area contributed by atoms with E-state index in [1.165, 1.54) is 6.08 Å². The molecule has 0 bridgehead atoms. The van der Waals surface area contributed by atoms with Gasteiger partial charge in [0.15, 0.2) is 6.10 Å². The Morgan fingerprint density at radius 3 is 2.93 bits per heavy atom. The lowest BCUT2D eigenvalue weighted by atomic mass is 10.1. The summed E-state index contributed by atoms with van der Waals surface area (Å²) < 4.78 is 67.8. The average Bonchev–Trinajstić information content (AvgIpc) is 2.92. The molecule has 0 aromatic heterocycles. The molecule has 0 spiro atoms. The third-order valence-corrected chi connectivity index (χ3v) is 6.12. The number of nitrogens with one attached hydrogen (secondary N) is 1. The maximum Gasteiger partial charge on any atom is 0.475 e. The molecule has 0 saturated carbocycles. The lowest BCUT2D eigenvalue weighted by Gasteiger charge is -2.33. The number of nitrogens with zero attached hydrogens (tertiary/aromatic N) is 1. The predicted molar refractivity (Wildman–Crippen MR) is 97.1 cm³/mol. The third-order valence-electron chi connectivity index (χ3n) is 4.67. The van der Waals surface area contributed by atoms with E-state index in [0.29, 0.717) is 4.90 Å². The molecular weight excluding hydrogens is 429 g/mol. The number of ether oxygens (including phenoxy) is 2. The quantitative estimate of drug-likeness (QED) is 0.463. The van der Waals surface area contributed by atoms with E-state index in [2.05, 4.69) is 11.9 Å². The van der Waals surface area contributed by atoms with E-state index < -0.39 is 56.7 Å². The number of amides is 2. The van der Waals surface area contributed by atoms with Crippen molar-refractivity contribution in [3.8, 4) is 0 Å². The lowest BCUT2D eigenvalue weighted by molar-refractivity contribution is -0.148. The first-order valence-electron chi connectivity index (χ1n) is 9.31. The number of urea groups is 1. The standard InChI is InChI=1S/C17H23F2N2O8P/c1-4-25-14(22)10(2)6-8-26-30(24)27-9-12-13(29-30)17(18,19)15(28-12)21-7-5-11(3)20-16(21)23/h5,7,10,12-13,15H,3-4,6,8-9H2,1-2H3,(H,20,23)/t10-,12-,13-,15-,30?/m1/s1. The van der Waals surface area contributed by atoms with Gasteiger partial charge in [0, 0.05) is 11.9 Å². The van der Waals surface area contributed by atoms with Crippen LogP contribution in [0.1, 0.15) is 20.3 Å². The molecule has 1 N–H and O–H groups in total. The smallest absolute Gasteiger partial charge is 0.466 e. The van der Waals surface area contributed by atoms with E-state index in [1.807, 2.05) is 0 Å². The maximum absolute atomic E-state index is 15.0. The highest BCUT2D eigenvalue weighted by Crippen LogP contribution is 2.58. The molecule has 3 aliphatic rings. The number of allylic oxidation sites excluding steroid dienone is 1. The molecule has 2 saturated heterocycles. The topological polar surface area (TPSA) is 113 Å². The van der Waals surface area contributed by atoms with Crippen molar-refractivity contribution in [2.24, 2.45) is 5.92 Å². The molecule has 2 fully saturated rings. The molecule has 5 atom stereocenters. The Bertz CT molecular complexity index is 792. The molecule has 1 unspecified atom stereocenters. The zero-order valence-corrected chi connectivity index (χ0v) is 17.3. The van der Waals surface area contributed by atoms with Gasteiger partial charge in [0.05, 0.1) is 25.7 Å². The van der Waals surface area contributed by atoms with Crippen molar-refractivity contribution in [1.29, 1.82) is 0 Å². The van der Waals surface area contributed by atoms with Crippen LogP contribution in [0.4, 0.5) is 13.6 Å². The number of carbonyl (C=O) groups excluding carboxylic acids is 2. The molecule has 3 rings (SSSR count). The molecule has 3 heterocycles. The number of carbonyl (C=O) groups is 2. The fraction of sp³-hybridized carbons (Fsp3) is 0.647. The number of rotatable bonds is 7. The molecule has 2 amide bonds. The summed E-state index contributed by atoms with van der Waals surface area (Å²) in [6, 6.07) is -0.848. The predicted octanol–water partition coefficient (Wildman–Crippen LogP) is 2.53. The molecule has 13 heteroatoms. The Labute approximate surface area is 171 Å². The van der Waals surface area contributed by atoms with Crippen molar-refractivity contribution in [3.05, 3.63) is 24.6 Å². The first kappa shape index (κ1) is 22.8. The molecule has 10 nitrogen and oxygen atoms in total. The van der Waals surface area contributed by atoms with Crippen molar-refractivity contribution >= 4 is 19.8 Å². The number of phosphoric ester groups is 1. The Morgan fingerprint density at radius 1 is 1.53 bits per heavy atom. The van der Waals surface area contributed by atoms with Crippen molar-refractivity contribution in [2.45, 2.75) is 44.6 Å². The number of phosphoric acid groups is 1. The van der Waals surface area contributed by atoms with Crippen molar-refractivity contribution < 1.29 is 46.0 Å². The number of alkyl halides is 2. The van der Waals surface area contributed by atoms with Crippen LogP contribution < -0.4 is 5.32 Å². The zero-order chi connectivity index (χ0) is 22.1. The number of hydrogen-bond donors (Lipinski definition) is 1. The van der Waals surface area contributed by atoms with Gasteiger partial charge in [0.1, 0.15) is 6.10 Å². The van der Waals surface area contributed by atoms with E-state index >= 15 is 0 Å². The van der Waals surface area contributed by atoms with Gasteiger partial charge in [-0.25, -0.2) is 9.36 Å². The van der Waals surface area contributed by atoms with Crippen molar-refractivity contribution in [3.63, 3.8) is 0 Å². The number of halogens is 2. The number of fused-ring (bicyclic) bond motifs is 1. The molecule has 168 valence electrons. The highest BCUT2D eigenvalue weighted by atomic mass is 31.2. The summed E-state index contributed by atoms with van der Waals surface area (Å²) in [6.45, 7) is 6.27. The largest absolute Gasteiger partial charge is 0.475 e. The summed E-state index contributed by atoms with van der Waals surface area (Å²) in [5, 5.41) is 2.30. The second-order valence-electron chi connectivity index (χ2n) is 6.92. The Balaban J connectivity index is 1.63. The summed E-state index contributed by atoms with van der Waals surface area (Å²) in [5.74, 6) is -4.71. The van der Waals surface area contributed by atoms with Crippen LogP contribution in [0, 0.1) is 5.92 Å². The molecule has 0 aromatic rings. The molecular formula is C17H23F2N2O8P. The lowest BCUT2D eigenvalue weighted by Crippen LogP contribution is -2.53. The van der Waals surface area contributed by atoms with Gasteiger partial charge < -0.3 is 14.8 Å². The van der Waals surface area contributed by atoms with Crippen LogP contribution in [-0.2, 0) is 32.4 Å². The van der Waals surface area contributed by atoms with Crippen LogP contribution >= 0.6 is 7.82 Å². The minimum Gasteiger partial charge on any atom is -0.466 e. The van der Waals surface area contributed by atoms with Gasteiger partial charge in [-0.3, -0.25) is 23.3 Å². The summed E-state index contributed by atoms with van der Waals surface area (Å²) in [6.07, 6.45) is -2.63. The van der Waals surface area contributed by atoms with E-state index in [4.69, 9.17) is 23.0 Å². The normalized spacial score (nSPS) is 33.7. The summed E-state index contributed by atoms with van der Waals surface area (Å²) >= 11 is 0. The van der Waals surface area contributed by atoms with Crippen LogP contribution in [0.2, 0.25) is 0 Å². The van der Waals surface area contributed by atoms with Crippen molar-refractivity contribution in [1.82, 2.24) is 10.2 Å². The van der Waals surface area contributed by atoms with Crippen LogP contribution in [0.3, 0.4) is 0 Å². The van der Waals surface area contributed by atoms with Gasteiger partial charge >= 0.3 is 25.7 Å². The Hall–Kier alpha value is -1.85. The third kappa shape index (κ3) is 4.57. The maximum atomic E-state index is 15.0. The van der Waals surface area contributed by atoms with Gasteiger partial charge in [-0.05, 0) is 19.4 Å². The molecule has 30 heavy (non-hydrogen) atoms. The van der Waals surface area contributed by atoms with Gasteiger partial charge in [-0.1, -0.05) is 13.5 Å². The fourth-order valence-corrected chi connectivity index (χ4v) is 4.45. The zero-order valence-electron chi connectivity index (χ0n) is 16.4. The summed E-state index contributed by atoms with van der Waals surface area (Å²) in [5.41, 5.74) is 0.240. The van der Waals surface area contributed by atoms with E-state index in [-0.39, 0.29) is 25.3 Å². The van der Waals surface area contributed by atoms with Gasteiger partial charge in [-0.2, -0.15) is 8.78 Å². The van der Waals surface area contributed by atoms with Gasteiger partial charge in [0.25, 0.3) is 0 Å². The summed E-state index contributed by atoms with van der Waals surface area (Å²) in [4.78, 5) is 24.3. The van der Waals surface area contributed by atoms with Crippen LogP contribution in [0.5, 0.6) is 0 Å². The second kappa shape index (κ2) is 8.72. The van der Waals surface area contributed by atoms with Gasteiger partial charge in [-0.15, -0.1) is 0 Å². The first-order valence-corrected chi connectivity index (χ1v) is 10.8. The van der Waals surface area contributed by atoms with Crippen LogP contribution in [0.15, 0.2) is 24.6 Å². The molecule has 0 radical (unpaired) electrons. The van der Waals surface area contributed by atoms with E-state index in [9.17, 15) is 22.9 Å². The van der Waals surface area contributed by atoms with Crippen LogP contribution in [0.25, 0.3) is 0 Å². The highest BCUT2D eigenvalue weighted by molar-refractivity contribution is 7.48. The van der Waals surface area contributed by atoms with Crippen LogP contribution in [-0.4, -0.2) is 61.1 Å². The van der Waals surface area contributed by atoms with Gasteiger partial charge in [0.2, 0.25) is 6.23 Å². The number of hydrogen-bond acceptors (Lipinski definition) is 8. The van der Waals surface area contributed by atoms with E-state index in [1.54, 1.807) is 13.8 Å². The minimum atomic E-state index is -4.32. The number of esters is 1. The molecule has 0 aromatic carbocycles. The Kier molecular flexibility index (Phi) is 6.63. The highest BCUT2D eigenvalue weighted by Gasteiger charge is 2.66.